The molecule has 9 heteroatoms. The van der Waals surface area contributed by atoms with Crippen LogP contribution in [0.2, 0.25) is 0 Å². The lowest BCUT2D eigenvalue weighted by molar-refractivity contribution is 0.0985. The molecular weight excluding hydrogens is 258 g/mol. The van der Waals surface area contributed by atoms with Crippen LogP contribution in [0.1, 0.15) is 10.4 Å². The molecule has 0 aliphatic carbocycles. The number of amides is 1. The van der Waals surface area contributed by atoms with E-state index in [9.17, 15) is 21.6 Å². The predicted octanol–water partition coefficient (Wildman–Crippen LogP) is -0.635. The van der Waals surface area contributed by atoms with Gasteiger partial charge < -0.3 is 0 Å². The van der Waals surface area contributed by atoms with E-state index in [4.69, 9.17) is 4.55 Å². The highest BCUT2D eigenvalue weighted by atomic mass is 32.2. The van der Waals surface area contributed by atoms with Crippen LogP contribution < -0.4 is 4.72 Å². The lowest BCUT2D eigenvalue weighted by Crippen LogP contribution is -2.21. The SMILES string of the molecule is O=C1NS(=O)(=O)c2c1cccc2S(=O)(=O)O. The summed E-state index contributed by atoms with van der Waals surface area (Å²) in [5.41, 5.74) is -0.296. The van der Waals surface area contributed by atoms with E-state index in [-0.39, 0.29) is 5.56 Å². The minimum atomic E-state index is -4.69. The van der Waals surface area contributed by atoms with Crippen molar-refractivity contribution < 1.29 is 26.2 Å². The maximum atomic E-state index is 11.4. The minimum absolute atomic E-state index is 0.296. The molecule has 86 valence electrons. The fraction of sp³-hybridized carbons (Fsp3) is 0. The molecular formula is C7H5NO6S2. The Morgan fingerprint density at radius 3 is 2.44 bits per heavy atom. The van der Waals surface area contributed by atoms with Crippen LogP contribution in [-0.4, -0.2) is 27.3 Å². The third-order valence-electron chi connectivity index (χ3n) is 2.00. The molecule has 0 radical (unpaired) electrons. The molecule has 0 saturated carbocycles. The van der Waals surface area contributed by atoms with Crippen molar-refractivity contribution in [3.8, 4) is 0 Å². The highest BCUT2D eigenvalue weighted by Gasteiger charge is 2.37. The number of hydrogen-bond donors (Lipinski definition) is 2. The maximum Gasteiger partial charge on any atom is 0.295 e. The molecule has 1 aliphatic heterocycles. The van der Waals surface area contributed by atoms with Crippen LogP contribution >= 0.6 is 0 Å². The van der Waals surface area contributed by atoms with Gasteiger partial charge in [0.2, 0.25) is 0 Å². The van der Waals surface area contributed by atoms with Gasteiger partial charge in [0.1, 0.15) is 9.79 Å². The molecule has 2 N–H and O–H groups in total. The molecule has 16 heavy (non-hydrogen) atoms. The van der Waals surface area contributed by atoms with Gasteiger partial charge >= 0.3 is 0 Å². The summed E-state index contributed by atoms with van der Waals surface area (Å²) in [6, 6.07) is 3.23. The summed E-state index contributed by atoms with van der Waals surface area (Å²) in [5, 5.41) is 0. The molecule has 1 heterocycles. The van der Waals surface area contributed by atoms with Gasteiger partial charge in [-0.25, -0.2) is 13.1 Å². The second-order valence-corrected chi connectivity index (χ2v) is 6.05. The summed E-state index contributed by atoms with van der Waals surface area (Å²) in [5.74, 6) is -0.916. The summed E-state index contributed by atoms with van der Waals surface area (Å²) >= 11 is 0. The van der Waals surface area contributed by atoms with Gasteiger partial charge in [0, 0.05) is 0 Å². The van der Waals surface area contributed by atoms with Gasteiger partial charge in [-0.1, -0.05) is 6.07 Å². The lowest BCUT2D eigenvalue weighted by Gasteiger charge is -2.01. The quantitative estimate of drug-likeness (QED) is 0.651. The van der Waals surface area contributed by atoms with Crippen LogP contribution in [0.15, 0.2) is 28.0 Å². The van der Waals surface area contributed by atoms with Crippen molar-refractivity contribution in [2.45, 2.75) is 9.79 Å². The number of sulfonamides is 1. The normalized spacial score (nSPS) is 17.9. The first kappa shape index (κ1) is 11.0. The molecule has 0 saturated heterocycles. The van der Waals surface area contributed by atoms with E-state index in [1.165, 1.54) is 6.07 Å². The molecule has 0 atom stereocenters. The zero-order valence-electron chi connectivity index (χ0n) is 7.54. The van der Waals surface area contributed by atoms with Crippen molar-refractivity contribution in [2.75, 3.05) is 0 Å². The van der Waals surface area contributed by atoms with Gasteiger partial charge in [0.15, 0.2) is 0 Å². The average Bonchev–Trinajstić information content (AvgIpc) is 2.36. The standard InChI is InChI=1S/C7H5NO6S2/c9-7-4-2-1-3-5(16(12,13)14)6(4)15(10,11)8-7/h1-3H,(H,8,9)(H,12,13,14). The molecule has 0 fully saturated rings. The first-order valence-electron chi connectivity index (χ1n) is 3.91. The van der Waals surface area contributed by atoms with E-state index in [0.717, 1.165) is 12.1 Å². The molecule has 1 aliphatic rings. The molecule has 0 bridgehead atoms. The van der Waals surface area contributed by atoms with Crippen LogP contribution in [0.3, 0.4) is 0 Å². The van der Waals surface area contributed by atoms with E-state index in [2.05, 4.69) is 0 Å². The first-order chi connectivity index (χ1) is 7.23. The number of hydrogen-bond acceptors (Lipinski definition) is 5. The summed E-state index contributed by atoms with van der Waals surface area (Å²) in [7, 11) is -8.90. The summed E-state index contributed by atoms with van der Waals surface area (Å²) in [6.45, 7) is 0. The largest absolute Gasteiger partial charge is 0.295 e. The molecule has 1 amide bonds. The van der Waals surface area contributed by atoms with Crippen LogP contribution in [0, 0.1) is 0 Å². The maximum absolute atomic E-state index is 11.4. The number of fused-ring (bicyclic) bond motifs is 1. The highest BCUT2D eigenvalue weighted by Crippen LogP contribution is 2.28. The van der Waals surface area contributed by atoms with Gasteiger partial charge in [-0.2, -0.15) is 8.42 Å². The number of carbonyl (C=O) groups excluding carboxylic acids is 1. The second kappa shape index (κ2) is 3.03. The third kappa shape index (κ3) is 1.49. The fourth-order valence-electron chi connectivity index (χ4n) is 1.40. The van der Waals surface area contributed by atoms with E-state index in [0.29, 0.717) is 0 Å². The number of rotatable bonds is 1. The average molecular weight is 263 g/mol. The zero-order valence-corrected chi connectivity index (χ0v) is 9.17. The Bertz CT molecular complexity index is 688. The number of nitrogens with one attached hydrogen (secondary N) is 1. The smallest absolute Gasteiger partial charge is 0.282 e. The molecule has 0 aromatic heterocycles. The highest BCUT2D eigenvalue weighted by molar-refractivity contribution is 7.92. The Hall–Kier alpha value is -1.45. The van der Waals surface area contributed by atoms with Crippen molar-refractivity contribution in [3.05, 3.63) is 23.8 Å². The predicted molar refractivity (Wildman–Crippen MR) is 50.9 cm³/mol. The number of carbonyl (C=O) groups is 1. The molecule has 2 rings (SSSR count). The van der Waals surface area contributed by atoms with Gasteiger partial charge in [0.25, 0.3) is 26.0 Å². The number of benzene rings is 1. The Morgan fingerprint density at radius 2 is 1.88 bits per heavy atom. The topological polar surface area (TPSA) is 118 Å². The monoisotopic (exact) mass is 263 g/mol. The third-order valence-corrected chi connectivity index (χ3v) is 4.45. The van der Waals surface area contributed by atoms with Gasteiger partial charge in [-0.15, -0.1) is 0 Å². The molecule has 0 spiro atoms. The van der Waals surface area contributed by atoms with Crippen LogP contribution in [0.25, 0.3) is 0 Å². The van der Waals surface area contributed by atoms with E-state index < -0.39 is 35.8 Å². The van der Waals surface area contributed by atoms with E-state index in [1.807, 2.05) is 0 Å². The molecule has 1 aromatic rings. The van der Waals surface area contributed by atoms with Crippen LogP contribution in [0.4, 0.5) is 0 Å². The van der Waals surface area contributed by atoms with Gasteiger partial charge in [0.05, 0.1) is 5.56 Å². The zero-order chi connectivity index (χ0) is 12.1. The minimum Gasteiger partial charge on any atom is -0.282 e. The first-order valence-corrected chi connectivity index (χ1v) is 6.83. The second-order valence-electron chi connectivity index (χ2n) is 3.04. The van der Waals surface area contributed by atoms with Crippen molar-refractivity contribution in [1.82, 2.24) is 4.72 Å². The summed E-state index contributed by atoms with van der Waals surface area (Å²) in [4.78, 5) is 9.69. The fourth-order valence-corrected chi connectivity index (χ4v) is 3.88. The van der Waals surface area contributed by atoms with Crippen molar-refractivity contribution in [3.63, 3.8) is 0 Å². The Morgan fingerprint density at radius 1 is 1.25 bits per heavy atom. The Balaban J connectivity index is 2.96. The van der Waals surface area contributed by atoms with Crippen molar-refractivity contribution in [1.29, 1.82) is 0 Å². The van der Waals surface area contributed by atoms with Crippen LogP contribution in [0.5, 0.6) is 0 Å². The Kier molecular flexibility index (Phi) is 2.09. The summed E-state index contributed by atoms with van der Waals surface area (Å²) in [6.07, 6.45) is 0. The Labute approximate surface area is 90.9 Å². The molecule has 1 aromatic carbocycles. The van der Waals surface area contributed by atoms with Crippen molar-refractivity contribution >= 4 is 26.0 Å². The van der Waals surface area contributed by atoms with Gasteiger partial charge in [-0.05, 0) is 12.1 Å². The van der Waals surface area contributed by atoms with Crippen LogP contribution in [-0.2, 0) is 20.1 Å². The van der Waals surface area contributed by atoms with Gasteiger partial charge in [-0.3, -0.25) is 9.35 Å². The molecule has 7 nitrogen and oxygen atoms in total. The lowest BCUT2D eigenvalue weighted by atomic mass is 10.2. The summed E-state index contributed by atoms with van der Waals surface area (Å²) < 4.78 is 55.2. The molecule has 0 unspecified atom stereocenters. The van der Waals surface area contributed by atoms with Crippen molar-refractivity contribution in [2.24, 2.45) is 0 Å². The van der Waals surface area contributed by atoms with E-state index >= 15 is 0 Å². The van der Waals surface area contributed by atoms with E-state index in [1.54, 1.807) is 4.72 Å².